The normalized spacial score (nSPS) is 15.3. The van der Waals surface area contributed by atoms with Crippen LogP contribution in [0.4, 0.5) is 29.6 Å². The summed E-state index contributed by atoms with van der Waals surface area (Å²) in [7, 11) is 3.14. The van der Waals surface area contributed by atoms with Gasteiger partial charge < -0.3 is 45.4 Å². The first-order valence-corrected chi connectivity index (χ1v) is 20.3. The van der Waals surface area contributed by atoms with Gasteiger partial charge in [-0.25, -0.2) is 14.8 Å². The smallest absolute Gasteiger partial charge is 0.548 e. The monoisotopic (exact) mass is 878 g/mol. The van der Waals surface area contributed by atoms with Crippen LogP contribution in [-0.2, 0) is 22.3 Å². The zero-order valence-electron chi connectivity index (χ0n) is 36.6. The number of carbonyl (C=O) groups is 3. The topological polar surface area (TPSA) is 199 Å². The number of amides is 2. The number of nitrogens with one attached hydrogen (secondary N) is 2. The van der Waals surface area contributed by atoms with Crippen molar-refractivity contribution < 1.29 is 65.7 Å². The number of nitrogens with two attached hydrogens (primary N) is 1. The number of pyridine rings is 2. The molecule has 64 heavy (non-hydrogen) atoms. The largest absolute Gasteiger partial charge is 1.00 e. The van der Waals surface area contributed by atoms with Gasteiger partial charge in [0.05, 0.1) is 49.2 Å². The molecule has 0 spiro atoms. The predicted octanol–water partition coefficient (Wildman–Crippen LogP) is 4.23. The second-order valence-electron chi connectivity index (χ2n) is 16.1. The summed E-state index contributed by atoms with van der Waals surface area (Å²) >= 11 is 0. The van der Waals surface area contributed by atoms with Gasteiger partial charge in [-0.1, -0.05) is 24.3 Å². The van der Waals surface area contributed by atoms with Gasteiger partial charge in [0, 0.05) is 59.8 Å². The first-order valence-electron chi connectivity index (χ1n) is 20.3. The zero-order valence-corrected chi connectivity index (χ0v) is 36.6. The molecule has 6 rings (SSSR count). The number of methoxy groups -OCH3 is 2. The SMILES string of the molecule is COc1ccc(CNc2ncc(/C=C/CCN(CC(=O)[O-])C(=O)OC(C)(C)C)c3c2c(-c2ccc(C(=O)Nc4cc(C(F)(F)F)ccn4)cc2)nn3[C@@H]2CCC[C@@H](N)C2)c(OC)c1.[Li+]. The maximum Gasteiger partial charge on any atom is 1.00 e. The number of fused-ring (bicyclic) bond motifs is 1. The van der Waals surface area contributed by atoms with Crippen LogP contribution in [0, 0.1) is 0 Å². The second kappa shape index (κ2) is 21.1. The van der Waals surface area contributed by atoms with Crippen molar-refractivity contribution in [2.24, 2.45) is 5.73 Å². The van der Waals surface area contributed by atoms with Crippen LogP contribution in [0.25, 0.3) is 28.2 Å². The minimum Gasteiger partial charge on any atom is -0.548 e. The van der Waals surface area contributed by atoms with Crippen molar-refractivity contribution in [2.45, 2.75) is 83.3 Å². The van der Waals surface area contributed by atoms with Gasteiger partial charge in [0.1, 0.15) is 34.4 Å². The molecule has 3 aromatic heterocycles. The molecule has 1 fully saturated rings. The number of alkyl halides is 3. The molecule has 19 heteroatoms. The zero-order chi connectivity index (χ0) is 45.5. The minimum atomic E-state index is -4.61. The fourth-order valence-electron chi connectivity index (χ4n) is 7.32. The van der Waals surface area contributed by atoms with Crippen LogP contribution in [0.5, 0.6) is 11.5 Å². The van der Waals surface area contributed by atoms with Gasteiger partial charge in [0.25, 0.3) is 5.91 Å². The van der Waals surface area contributed by atoms with Crippen LogP contribution in [0.2, 0.25) is 0 Å². The van der Waals surface area contributed by atoms with E-state index in [0.29, 0.717) is 52.5 Å². The predicted molar refractivity (Wildman–Crippen MR) is 229 cm³/mol. The summed E-state index contributed by atoms with van der Waals surface area (Å²) in [5.41, 5.74) is 8.30. The molecule has 1 saturated carbocycles. The number of carboxylic acids is 1. The maximum atomic E-state index is 13.3. The molecule has 1 aliphatic carbocycles. The molecule has 1 aliphatic rings. The molecule has 15 nitrogen and oxygen atoms in total. The summed E-state index contributed by atoms with van der Waals surface area (Å²) in [6.45, 7) is 4.76. The molecule has 0 unspecified atom stereocenters. The van der Waals surface area contributed by atoms with Crippen molar-refractivity contribution in [2.75, 3.05) is 37.9 Å². The molecule has 0 aliphatic heterocycles. The third-order valence-electron chi connectivity index (χ3n) is 10.3. The van der Waals surface area contributed by atoms with E-state index in [-0.39, 0.29) is 55.3 Å². The molecule has 4 N–H and O–H groups in total. The fourth-order valence-corrected chi connectivity index (χ4v) is 7.32. The number of halogens is 3. The van der Waals surface area contributed by atoms with Crippen molar-refractivity contribution in [1.29, 1.82) is 0 Å². The maximum absolute atomic E-state index is 13.3. The fraction of sp³-hybridized carbons (Fsp3) is 0.378. The second-order valence-corrected chi connectivity index (χ2v) is 16.1. The number of benzene rings is 2. The number of hydrogen-bond donors (Lipinski definition) is 3. The van der Waals surface area contributed by atoms with Crippen LogP contribution in [-0.4, -0.2) is 81.6 Å². The van der Waals surface area contributed by atoms with Crippen LogP contribution in [0.1, 0.15) is 86.0 Å². The molecule has 334 valence electrons. The Morgan fingerprint density at radius 1 is 1.02 bits per heavy atom. The molecule has 2 aromatic carbocycles. The Morgan fingerprint density at radius 2 is 1.77 bits per heavy atom. The Morgan fingerprint density at radius 3 is 2.42 bits per heavy atom. The van der Waals surface area contributed by atoms with E-state index in [1.807, 2.05) is 29.0 Å². The number of carbonyl (C=O) groups excluding carboxylic acids is 3. The van der Waals surface area contributed by atoms with Crippen LogP contribution < -0.4 is 49.8 Å². The van der Waals surface area contributed by atoms with Gasteiger partial charge >= 0.3 is 31.1 Å². The third-order valence-corrected chi connectivity index (χ3v) is 10.3. The summed E-state index contributed by atoms with van der Waals surface area (Å²) in [4.78, 5) is 47.5. The molecule has 5 aromatic rings. The number of rotatable bonds is 15. The average molecular weight is 879 g/mol. The molecule has 0 radical (unpaired) electrons. The molecule has 3 heterocycles. The number of aromatic nitrogens is 4. The van der Waals surface area contributed by atoms with Crippen LogP contribution >= 0.6 is 0 Å². The minimum absolute atomic E-state index is 0. The summed E-state index contributed by atoms with van der Waals surface area (Å²) < 4.78 is 58.4. The summed E-state index contributed by atoms with van der Waals surface area (Å²) in [6, 6.07) is 13.4. The summed E-state index contributed by atoms with van der Waals surface area (Å²) in [5.74, 6) is -0.619. The molecule has 0 bridgehead atoms. The Kier molecular flexibility index (Phi) is 16.1. The van der Waals surface area contributed by atoms with E-state index in [0.717, 1.165) is 53.6 Å². The quantitative estimate of drug-likeness (QED) is 0.127. The van der Waals surface area contributed by atoms with Crippen molar-refractivity contribution in [1.82, 2.24) is 24.6 Å². The van der Waals surface area contributed by atoms with Gasteiger partial charge in [-0.2, -0.15) is 18.3 Å². The van der Waals surface area contributed by atoms with E-state index in [1.165, 1.54) is 0 Å². The number of anilines is 2. The summed E-state index contributed by atoms with van der Waals surface area (Å²) in [5, 5.41) is 23.3. The van der Waals surface area contributed by atoms with E-state index in [9.17, 15) is 32.7 Å². The standard InChI is InChI=1S/C45H51F3N8O7.Li/c1-44(2,3)63-43(60)55(26-37(57)58)20-7-6-9-30-25-52-41(51-24-29-16-17-34(61-4)23-35(29)62-5)38-39(54-56(40(30)38)33-11-8-10-32(49)22-33)27-12-14-28(15-13-27)42(59)53-36-21-31(18-19-50-36)45(46,47)48;/h6,9,12-19,21,23,25,32-33H,7-8,10-11,20,22,24,26,49H2,1-5H3,(H,51,52)(H,57,58)(H,50,53,59);/q;+1/p-1/b9-6+;/t32-,33-;/m1./s1. The number of carboxylic acid groups (broad SMARTS) is 1. The van der Waals surface area contributed by atoms with Crippen LogP contribution in [0.15, 0.2) is 73.1 Å². The Hall–Kier alpha value is -6.09. The van der Waals surface area contributed by atoms with Crippen LogP contribution in [0.3, 0.4) is 0 Å². The Bertz CT molecular complexity index is 2470. The van der Waals surface area contributed by atoms with Gasteiger partial charge in [0.2, 0.25) is 0 Å². The molecular formula is C45H50F3LiN8O7. The van der Waals surface area contributed by atoms with Crippen molar-refractivity contribution in [3.63, 3.8) is 0 Å². The third kappa shape index (κ3) is 12.3. The van der Waals surface area contributed by atoms with Gasteiger partial charge in [-0.05, 0) is 89.3 Å². The van der Waals surface area contributed by atoms with E-state index >= 15 is 0 Å². The number of aliphatic carboxylic acids is 1. The van der Waals surface area contributed by atoms with E-state index < -0.39 is 41.9 Å². The first kappa shape index (κ1) is 48.9. The van der Waals surface area contributed by atoms with Gasteiger partial charge in [0.15, 0.2) is 0 Å². The van der Waals surface area contributed by atoms with Crippen molar-refractivity contribution in [3.8, 4) is 22.8 Å². The number of nitrogens with zero attached hydrogens (tertiary/aromatic N) is 5. The molecule has 2 atom stereocenters. The first-order chi connectivity index (χ1) is 29.9. The van der Waals surface area contributed by atoms with E-state index in [2.05, 4.69) is 15.6 Å². The average Bonchev–Trinajstić information content (AvgIpc) is 3.65. The molecular weight excluding hydrogens is 828 g/mol. The van der Waals surface area contributed by atoms with Gasteiger partial charge in [-0.15, -0.1) is 0 Å². The molecule has 0 saturated heterocycles. The Balaban J connectivity index is 0.00000771. The Labute approximate surface area is 380 Å². The number of ether oxygens (including phenoxy) is 3. The molecule has 2 amide bonds. The van der Waals surface area contributed by atoms with Crippen molar-refractivity contribution >= 4 is 46.6 Å². The van der Waals surface area contributed by atoms with E-state index in [1.54, 1.807) is 71.5 Å². The van der Waals surface area contributed by atoms with Crippen molar-refractivity contribution in [3.05, 3.63) is 95.3 Å². The summed E-state index contributed by atoms with van der Waals surface area (Å²) in [6.07, 6.45) is 4.43. The van der Waals surface area contributed by atoms with E-state index in [4.69, 9.17) is 30.0 Å². The van der Waals surface area contributed by atoms with Gasteiger partial charge in [-0.3, -0.25) is 9.48 Å². The number of hydrogen-bond acceptors (Lipinski definition) is 12.